The van der Waals surface area contributed by atoms with Gasteiger partial charge in [0.25, 0.3) is 0 Å². The third kappa shape index (κ3) is 2.97. The minimum atomic E-state index is 0.558. The Morgan fingerprint density at radius 1 is 1.08 bits per heavy atom. The van der Waals surface area contributed by atoms with Crippen molar-refractivity contribution in [2.45, 2.75) is 12.3 Å². The van der Waals surface area contributed by atoms with Gasteiger partial charge in [-0.15, -0.1) is 0 Å². The molecule has 2 heterocycles. The van der Waals surface area contributed by atoms with Crippen molar-refractivity contribution in [2.24, 2.45) is 0 Å². The molecule has 3 nitrogen and oxygen atoms in total. The van der Waals surface area contributed by atoms with Crippen LogP contribution in [0.15, 0.2) is 67.0 Å². The van der Waals surface area contributed by atoms with Crippen molar-refractivity contribution in [1.29, 1.82) is 0 Å². The molecular formula is C20H19N3S. The Kier molecular flexibility index (Phi) is 4.13. The molecule has 1 N–H and O–H groups in total. The lowest BCUT2D eigenvalue weighted by atomic mass is 9.99. The summed E-state index contributed by atoms with van der Waals surface area (Å²) in [5.41, 5.74) is 2.45. The monoisotopic (exact) mass is 333 g/mol. The number of hydrogen-bond acceptors (Lipinski definition) is 2. The second-order valence-corrected chi connectivity index (χ2v) is 6.56. The van der Waals surface area contributed by atoms with Crippen LogP contribution < -0.4 is 5.32 Å². The van der Waals surface area contributed by atoms with E-state index in [1.54, 1.807) is 0 Å². The van der Waals surface area contributed by atoms with E-state index in [9.17, 15) is 0 Å². The molecule has 1 aromatic heterocycles. The van der Waals surface area contributed by atoms with E-state index in [1.807, 2.05) is 24.5 Å². The van der Waals surface area contributed by atoms with Crippen LogP contribution in [0.25, 0.3) is 10.8 Å². The average Bonchev–Trinajstić information content (AvgIpc) is 3.13. The maximum absolute atomic E-state index is 5.66. The van der Waals surface area contributed by atoms with Crippen LogP contribution in [-0.4, -0.2) is 28.1 Å². The van der Waals surface area contributed by atoms with Crippen molar-refractivity contribution < 1.29 is 0 Å². The first kappa shape index (κ1) is 15.1. The summed E-state index contributed by atoms with van der Waals surface area (Å²) in [6.07, 6.45) is 4.84. The third-order valence-corrected chi connectivity index (χ3v) is 5.03. The molecule has 0 spiro atoms. The fraction of sp³-hybridized carbons (Fsp3) is 0.200. The smallest absolute Gasteiger partial charge is 0.173 e. The zero-order valence-electron chi connectivity index (χ0n) is 13.4. The number of nitrogens with one attached hydrogen (secondary N) is 1. The molecule has 2 aromatic carbocycles. The van der Waals surface area contributed by atoms with Crippen LogP contribution in [-0.2, 0) is 0 Å². The molecular weight excluding hydrogens is 314 g/mol. The highest BCUT2D eigenvalue weighted by atomic mass is 32.1. The normalized spacial score (nSPS) is 17.2. The summed E-state index contributed by atoms with van der Waals surface area (Å²) in [4.78, 5) is 6.45. The quantitative estimate of drug-likeness (QED) is 0.703. The summed E-state index contributed by atoms with van der Waals surface area (Å²) < 4.78 is 0. The second-order valence-electron chi connectivity index (χ2n) is 6.17. The Labute approximate surface area is 147 Å². The van der Waals surface area contributed by atoms with Gasteiger partial charge in [0.05, 0.1) is 0 Å². The van der Waals surface area contributed by atoms with Crippen LogP contribution in [0.3, 0.4) is 0 Å². The van der Waals surface area contributed by atoms with E-state index in [1.165, 1.54) is 5.56 Å². The van der Waals surface area contributed by atoms with Gasteiger partial charge in [-0.25, -0.2) is 0 Å². The Morgan fingerprint density at radius 2 is 1.96 bits per heavy atom. The molecule has 0 aliphatic carbocycles. The number of thiocarbonyl (C=S) groups is 1. The zero-order valence-corrected chi connectivity index (χ0v) is 14.2. The lowest BCUT2D eigenvalue weighted by molar-refractivity contribution is 0.519. The molecule has 4 rings (SSSR count). The number of pyridine rings is 1. The number of hydrogen-bond donors (Lipinski definition) is 1. The van der Waals surface area contributed by atoms with E-state index >= 15 is 0 Å². The molecule has 1 fully saturated rings. The van der Waals surface area contributed by atoms with E-state index in [2.05, 4.69) is 57.7 Å². The Bertz CT molecular complexity index is 858. The Morgan fingerprint density at radius 3 is 2.83 bits per heavy atom. The summed E-state index contributed by atoms with van der Waals surface area (Å²) in [6, 6.07) is 18.9. The van der Waals surface area contributed by atoms with Crippen molar-refractivity contribution in [3.05, 3.63) is 72.6 Å². The van der Waals surface area contributed by atoms with Gasteiger partial charge in [0.1, 0.15) is 0 Å². The fourth-order valence-electron chi connectivity index (χ4n) is 3.37. The highest BCUT2D eigenvalue weighted by Gasteiger charge is 2.25. The molecule has 120 valence electrons. The van der Waals surface area contributed by atoms with E-state index in [0.717, 1.165) is 41.1 Å². The standard InChI is InChI=1S/C20H19N3S/c24-20(22-19-8-4-7-16-13-21-11-9-18(16)19)23-12-10-17(14-23)15-5-2-1-3-6-15/h1-9,11,13,17H,10,12,14H2,(H,22,24). The number of anilines is 1. The van der Waals surface area contributed by atoms with Gasteiger partial charge >= 0.3 is 0 Å². The lowest BCUT2D eigenvalue weighted by Crippen LogP contribution is -2.32. The van der Waals surface area contributed by atoms with Gasteiger partial charge in [0, 0.05) is 47.9 Å². The predicted molar refractivity (Wildman–Crippen MR) is 103 cm³/mol. The maximum Gasteiger partial charge on any atom is 0.173 e. The van der Waals surface area contributed by atoms with Gasteiger partial charge in [-0.3, -0.25) is 4.98 Å². The summed E-state index contributed by atoms with van der Waals surface area (Å²) >= 11 is 5.66. The topological polar surface area (TPSA) is 28.2 Å². The molecule has 1 saturated heterocycles. The lowest BCUT2D eigenvalue weighted by Gasteiger charge is -2.21. The molecule has 1 atom stereocenters. The first-order chi connectivity index (χ1) is 11.8. The van der Waals surface area contributed by atoms with E-state index in [0.29, 0.717) is 5.92 Å². The summed E-state index contributed by atoms with van der Waals surface area (Å²) in [5, 5.41) is 6.50. The van der Waals surface area contributed by atoms with Crippen LogP contribution in [0.5, 0.6) is 0 Å². The largest absolute Gasteiger partial charge is 0.348 e. The maximum atomic E-state index is 5.66. The minimum Gasteiger partial charge on any atom is -0.348 e. The molecule has 24 heavy (non-hydrogen) atoms. The van der Waals surface area contributed by atoms with Crippen molar-refractivity contribution >= 4 is 33.8 Å². The number of nitrogens with zero attached hydrogens (tertiary/aromatic N) is 2. The zero-order chi connectivity index (χ0) is 16.4. The number of likely N-dealkylation sites (tertiary alicyclic amines) is 1. The van der Waals surface area contributed by atoms with Crippen molar-refractivity contribution in [3.8, 4) is 0 Å². The first-order valence-corrected chi connectivity index (χ1v) is 8.66. The highest BCUT2D eigenvalue weighted by Crippen LogP contribution is 2.28. The van der Waals surface area contributed by atoms with Gasteiger partial charge in [-0.2, -0.15) is 0 Å². The first-order valence-electron chi connectivity index (χ1n) is 8.25. The SMILES string of the molecule is S=C(Nc1cccc2cnccc12)N1CCC(c2ccccc2)C1. The van der Waals surface area contributed by atoms with Gasteiger partial charge in [0.15, 0.2) is 5.11 Å². The van der Waals surface area contributed by atoms with E-state index in [4.69, 9.17) is 12.2 Å². The molecule has 0 bridgehead atoms. The van der Waals surface area contributed by atoms with Gasteiger partial charge < -0.3 is 10.2 Å². The molecule has 1 aliphatic rings. The van der Waals surface area contributed by atoms with Crippen LogP contribution in [0, 0.1) is 0 Å². The minimum absolute atomic E-state index is 0.558. The van der Waals surface area contributed by atoms with Crippen molar-refractivity contribution in [3.63, 3.8) is 0 Å². The van der Waals surface area contributed by atoms with Crippen LogP contribution in [0.2, 0.25) is 0 Å². The predicted octanol–water partition coefficient (Wildman–Crippen LogP) is 4.42. The van der Waals surface area contributed by atoms with Gasteiger partial charge in [-0.05, 0) is 36.3 Å². The second kappa shape index (κ2) is 6.57. The Balaban J connectivity index is 1.49. The summed E-state index contributed by atoms with van der Waals surface area (Å²) in [7, 11) is 0. The number of aromatic nitrogens is 1. The molecule has 0 saturated carbocycles. The van der Waals surface area contributed by atoms with Gasteiger partial charge in [0.2, 0.25) is 0 Å². The molecule has 0 radical (unpaired) electrons. The van der Waals surface area contributed by atoms with Crippen molar-refractivity contribution in [2.75, 3.05) is 18.4 Å². The molecule has 1 unspecified atom stereocenters. The van der Waals surface area contributed by atoms with E-state index in [-0.39, 0.29) is 0 Å². The molecule has 0 amide bonds. The number of fused-ring (bicyclic) bond motifs is 1. The average molecular weight is 333 g/mol. The van der Waals surface area contributed by atoms with Crippen LogP contribution >= 0.6 is 12.2 Å². The van der Waals surface area contributed by atoms with E-state index < -0.39 is 0 Å². The molecule has 3 aromatic rings. The molecule has 1 aliphatic heterocycles. The van der Waals surface area contributed by atoms with Crippen molar-refractivity contribution in [1.82, 2.24) is 9.88 Å². The number of rotatable bonds is 2. The molecule has 4 heteroatoms. The van der Waals surface area contributed by atoms with Gasteiger partial charge in [-0.1, -0.05) is 42.5 Å². The highest BCUT2D eigenvalue weighted by molar-refractivity contribution is 7.80. The fourth-order valence-corrected chi connectivity index (χ4v) is 3.64. The Hall–Kier alpha value is -2.46. The number of benzene rings is 2. The van der Waals surface area contributed by atoms with Crippen LogP contribution in [0.1, 0.15) is 17.9 Å². The third-order valence-electron chi connectivity index (χ3n) is 4.67. The summed E-state index contributed by atoms with van der Waals surface area (Å²) in [6.45, 7) is 1.97. The van der Waals surface area contributed by atoms with Crippen LogP contribution in [0.4, 0.5) is 5.69 Å². The summed E-state index contributed by atoms with van der Waals surface area (Å²) in [5.74, 6) is 0.558.